The maximum atomic E-state index is 4.53. The van der Waals surface area contributed by atoms with Crippen LogP contribution >= 0.6 is 0 Å². The molecule has 0 spiro atoms. The summed E-state index contributed by atoms with van der Waals surface area (Å²) < 4.78 is 1.76. The van der Waals surface area contributed by atoms with Crippen molar-refractivity contribution in [2.75, 3.05) is 0 Å². The lowest BCUT2D eigenvalue weighted by Gasteiger charge is -1.93. The summed E-state index contributed by atoms with van der Waals surface area (Å²) in [6, 6.07) is 9.85. The van der Waals surface area contributed by atoms with Gasteiger partial charge in [-0.2, -0.15) is 10.2 Å². The van der Waals surface area contributed by atoms with Crippen molar-refractivity contribution >= 4 is 5.52 Å². The predicted molar refractivity (Wildman–Crippen MR) is 73.8 cm³/mol. The van der Waals surface area contributed by atoms with Gasteiger partial charge in [-0.15, -0.1) is 0 Å². The number of aromatic amines is 1. The van der Waals surface area contributed by atoms with Crippen molar-refractivity contribution in [3.63, 3.8) is 0 Å². The topological polar surface area (TPSA) is 71.8 Å². The van der Waals surface area contributed by atoms with Crippen LogP contribution < -0.4 is 0 Å². The van der Waals surface area contributed by atoms with Gasteiger partial charge in [-0.05, 0) is 0 Å². The molecule has 4 rings (SSSR count). The summed E-state index contributed by atoms with van der Waals surface area (Å²) in [6.45, 7) is 0. The van der Waals surface area contributed by atoms with E-state index >= 15 is 0 Å². The van der Waals surface area contributed by atoms with Gasteiger partial charge in [0.1, 0.15) is 0 Å². The molecule has 1 aromatic carbocycles. The SMILES string of the molecule is c1ccc(-c2n[nH]c(-c3cnn4ccncc34)n2)cc1. The third-order valence-electron chi connectivity index (χ3n) is 3.10. The number of aromatic nitrogens is 6. The zero-order chi connectivity index (χ0) is 13.4. The largest absolute Gasteiger partial charge is 0.261 e. The van der Waals surface area contributed by atoms with Gasteiger partial charge in [0, 0.05) is 18.0 Å². The Hall–Kier alpha value is -3.02. The van der Waals surface area contributed by atoms with Crippen LogP contribution in [0, 0.1) is 0 Å². The number of hydrogen-bond acceptors (Lipinski definition) is 4. The van der Waals surface area contributed by atoms with Crippen LogP contribution in [0.1, 0.15) is 0 Å². The highest BCUT2D eigenvalue weighted by Crippen LogP contribution is 2.22. The molecule has 0 bridgehead atoms. The predicted octanol–water partition coefficient (Wildman–Crippen LogP) is 2.18. The lowest BCUT2D eigenvalue weighted by molar-refractivity contribution is 0.946. The molecular weight excluding hydrogens is 252 g/mol. The third-order valence-corrected chi connectivity index (χ3v) is 3.10. The fraction of sp³-hybridized carbons (Fsp3) is 0. The molecule has 0 aliphatic heterocycles. The molecule has 0 saturated carbocycles. The van der Waals surface area contributed by atoms with E-state index in [1.54, 1.807) is 29.3 Å². The van der Waals surface area contributed by atoms with Crippen molar-refractivity contribution < 1.29 is 0 Å². The second kappa shape index (κ2) is 4.27. The Morgan fingerprint density at radius 1 is 1.05 bits per heavy atom. The van der Waals surface area contributed by atoms with Crippen LogP contribution in [-0.2, 0) is 0 Å². The van der Waals surface area contributed by atoms with Crippen molar-refractivity contribution in [3.8, 4) is 22.8 Å². The number of rotatable bonds is 2. The molecule has 4 aromatic rings. The molecule has 96 valence electrons. The van der Waals surface area contributed by atoms with Gasteiger partial charge < -0.3 is 0 Å². The van der Waals surface area contributed by atoms with Crippen LogP contribution in [0.25, 0.3) is 28.3 Å². The maximum absolute atomic E-state index is 4.53. The van der Waals surface area contributed by atoms with E-state index in [2.05, 4.69) is 25.3 Å². The number of hydrogen-bond donors (Lipinski definition) is 1. The molecule has 6 nitrogen and oxygen atoms in total. The number of nitrogens with zero attached hydrogens (tertiary/aromatic N) is 5. The first-order valence-corrected chi connectivity index (χ1v) is 6.17. The highest BCUT2D eigenvalue weighted by molar-refractivity contribution is 5.75. The van der Waals surface area contributed by atoms with Gasteiger partial charge in [-0.1, -0.05) is 30.3 Å². The number of benzene rings is 1. The van der Waals surface area contributed by atoms with Crippen LogP contribution in [0.15, 0.2) is 55.1 Å². The maximum Gasteiger partial charge on any atom is 0.181 e. The number of nitrogens with one attached hydrogen (secondary N) is 1. The number of fused-ring (bicyclic) bond motifs is 1. The Kier molecular flexibility index (Phi) is 2.32. The normalized spacial score (nSPS) is 11.0. The van der Waals surface area contributed by atoms with Crippen LogP contribution in [-0.4, -0.2) is 29.8 Å². The zero-order valence-corrected chi connectivity index (χ0v) is 10.4. The molecule has 1 N–H and O–H groups in total. The highest BCUT2D eigenvalue weighted by atomic mass is 15.2. The lowest BCUT2D eigenvalue weighted by Crippen LogP contribution is -1.86. The van der Waals surface area contributed by atoms with E-state index in [1.165, 1.54) is 0 Å². The molecule has 3 aromatic heterocycles. The van der Waals surface area contributed by atoms with Gasteiger partial charge in [-0.3, -0.25) is 10.1 Å². The quantitative estimate of drug-likeness (QED) is 0.601. The van der Waals surface area contributed by atoms with E-state index in [-0.39, 0.29) is 0 Å². The minimum absolute atomic E-state index is 0.670. The van der Waals surface area contributed by atoms with E-state index in [4.69, 9.17) is 0 Å². The van der Waals surface area contributed by atoms with Gasteiger partial charge in [0.2, 0.25) is 0 Å². The second-order valence-electron chi connectivity index (χ2n) is 4.34. The third kappa shape index (κ3) is 1.66. The Morgan fingerprint density at radius 2 is 1.95 bits per heavy atom. The first-order chi connectivity index (χ1) is 9.92. The number of H-pyrrole nitrogens is 1. The molecule has 3 heterocycles. The fourth-order valence-corrected chi connectivity index (χ4v) is 2.12. The van der Waals surface area contributed by atoms with E-state index in [0.717, 1.165) is 16.6 Å². The molecule has 0 aliphatic carbocycles. The molecule has 0 fully saturated rings. The first-order valence-electron chi connectivity index (χ1n) is 6.17. The standard InChI is InChI=1S/C14H10N6/c1-2-4-10(5-3-1)13-17-14(19-18-13)11-8-16-20-7-6-15-9-12(11)20/h1-9H,(H,17,18,19). The molecule has 6 heteroatoms. The fourth-order valence-electron chi connectivity index (χ4n) is 2.12. The summed E-state index contributed by atoms with van der Waals surface area (Å²) in [5, 5.41) is 11.5. The zero-order valence-electron chi connectivity index (χ0n) is 10.4. The van der Waals surface area contributed by atoms with Gasteiger partial charge in [0.05, 0.1) is 23.5 Å². The molecule has 0 radical (unpaired) electrons. The summed E-state index contributed by atoms with van der Waals surface area (Å²) in [5.41, 5.74) is 2.75. The monoisotopic (exact) mass is 262 g/mol. The average Bonchev–Trinajstić information content (AvgIpc) is 3.14. The van der Waals surface area contributed by atoms with Gasteiger partial charge >= 0.3 is 0 Å². The molecule has 0 atom stereocenters. The average molecular weight is 262 g/mol. The van der Waals surface area contributed by atoms with E-state index in [0.29, 0.717) is 11.6 Å². The Morgan fingerprint density at radius 3 is 2.85 bits per heavy atom. The lowest BCUT2D eigenvalue weighted by atomic mass is 10.2. The second-order valence-corrected chi connectivity index (χ2v) is 4.34. The smallest absolute Gasteiger partial charge is 0.181 e. The molecule has 0 amide bonds. The minimum atomic E-state index is 0.670. The Bertz CT molecular complexity index is 861. The van der Waals surface area contributed by atoms with E-state index < -0.39 is 0 Å². The van der Waals surface area contributed by atoms with Gasteiger partial charge in [-0.25, -0.2) is 9.50 Å². The van der Waals surface area contributed by atoms with Crippen molar-refractivity contribution in [2.24, 2.45) is 0 Å². The molecule has 0 unspecified atom stereocenters. The van der Waals surface area contributed by atoms with Crippen molar-refractivity contribution in [1.29, 1.82) is 0 Å². The summed E-state index contributed by atoms with van der Waals surface area (Å²) >= 11 is 0. The first kappa shape index (κ1) is 10.9. The molecular formula is C14H10N6. The summed E-state index contributed by atoms with van der Waals surface area (Å²) in [7, 11) is 0. The van der Waals surface area contributed by atoms with Gasteiger partial charge in [0.25, 0.3) is 0 Å². The summed E-state index contributed by atoms with van der Waals surface area (Å²) in [6.07, 6.45) is 7.01. The summed E-state index contributed by atoms with van der Waals surface area (Å²) in [4.78, 5) is 8.64. The molecule has 0 aliphatic rings. The van der Waals surface area contributed by atoms with Crippen molar-refractivity contribution in [3.05, 3.63) is 55.1 Å². The van der Waals surface area contributed by atoms with Gasteiger partial charge in [0.15, 0.2) is 11.6 Å². The van der Waals surface area contributed by atoms with E-state index in [9.17, 15) is 0 Å². The highest BCUT2D eigenvalue weighted by Gasteiger charge is 2.12. The van der Waals surface area contributed by atoms with Crippen LogP contribution in [0.3, 0.4) is 0 Å². The Labute approximate surface area is 114 Å². The minimum Gasteiger partial charge on any atom is -0.261 e. The van der Waals surface area contributed by atoms with Crippen molar-refractivity contribution in [2.45, 2.75) is 0 Å². The van der Waals surface area contributed by atoms with Crippen LogP contribution in [0.4, 0.5) is 0 Å². The van der Waals surface area contributed by atoms with Crippen LogP contribution in [0.2, 0.25) is 0 Å². The van der Waals surface area contributed by atoms with Crippen LogP contribution in [0.5, 0.6) is 0 Å². The van der Waals surface area contributed by atoms with Crippen molar-refractivity contribution in [1.82, 2.24) is 29.8 Å². The molecule has 20 heavy (non-hydrogen) atoms. The summed E-state index contributed by atoms with van der Waals surface area (Å²) in [5.74, 6) is 1.36. The van der Waals surface area contributed by atoms with E-state index in [1.807, 2.05) is 30.3 Å². The molecule has 0 saturated heterocycles. The Balaban J connectivity index is 1.82.